The number of aryl methyl sites for hydroxylation is 1. The molecule has 1 aromatic carbocycles. The van der Waals surface area contributed by atoms with Gasteiger partial charge in [0, 0.05) is 28.2 Å². The van der Waals surface area contributed by atoms with Gasteiger partial charge in [0.15, 0.2) is 5.82 Å². The lowest BCUT2D eigenvalue weighted by atomic mass is 10.1. The number of halogens is 1. The minimum Gasteiger partial charge on any atom is -0.346 e. The van der Waals surface area contributed by atoms with E-state index in [0.29, 0.717) is 6.54 Å². The third-order valence-electron chi connectivity index (χ3n) is 3.36. The summed E-state index contributed by atoms with van der Waals surface area (Å²) in [7, 11) is 0. The van der Waals surface area contributed by atoms with E-state index in [1.54, 1.807) is 0 Å². The van der Waals surface area contributed by atoms with Gasteiger partial charge >= 0.3 is 0 Å². The first kappa shape index (κ1) is 13.3. The number of fused-ring (bicyclic) bond motifs is 1. The Bertz CT molecular complexity index is 764. The van der Waals surface area contributed by atoms with Crippen molar-refractivity contribution in [1.82, 2.24) is 15.0 Å². The van der Waals surface area contributed by atoms with E-state index >= 15 is 0 Å². The Hall–Kier alpha value is -1.72. The second kappa shape index (κ2) is 5.34. The Balaban J connectivity index is 2.27. The van der Waals surface area contributed by atoms with Crippen molar-refractivity contribution in [3.8, 4) is 11.4 Å². The highest BCUT2D eigenvalue weighted by Crippen LogP contribution is 2.28. The summed E-state index contributed by atoms with van der Waals surface area (Å²) >= 11 is 3.55. The lowest BCUT2D eigenvalue weighted by molar-refractivity contribution is 1.02. The van der Waals surface area contributed by atoms with Crippen LogP contribution >= 0.6 is 15.9 Å². The maximum atomic E-state index is 5.77. The molecule has 0 fully saturated rings. The minimum atomic E-state index is 0.491. The first-order chi connectivity index (χ1) is 9.74. The monoisotopic (exact) mass is 330 g/mol. The maximum Gasteiger partial charge on any atom is 0.162 e. The molecule has 20 heavy (non-hydrogen) atoms. The van der Waals surface area contributed by atoms with Crippen LogP contribution in [0.25, 0.3) is 22.4 Å². The number of hydrogen-bond acceptors (Lipinski definition) is 3. The van der Waals surface area contributed by atoms with Crippen molar-refractivity contribution in [2.45, 2.75) is 19.9 Å². The largest absolute Gasteiger partial charge is 0.346 e. The minimum absolute atomic E-state index is 0.491. The number of aromatic amines is 1. The third-order valence-corrected chi connectivity index (χ3v) is 4.05. The van der Waals surface area contributed by atoms with Crippen LogP contribution in [0.15, 0.2) is 34.9 Å². The molecule has 4 nitrogen and oxygen atoms in total. The molecule has 3 N–H and O–H groups in total. The lowest BCUT2D eigenvalue weighted by Gasteiger charge is -2.07. The highest BCUT2D eigenvalue weighted by molar-refractivity contribution is 9.10. The fourth-order valence-corrected chi connectivity index (χ4v) is 2.82. The van der Waals surface area contributed by atoms with Crippen LogP contribution in [-0.4, -0.2) is 15.0 Å². The number of nitrogens with zero attached hydrogens (tertiary/aromatic N) is 2. The smallest absolute Gasteiger partial charge is 0.162 e. The number of nitrogens with one attached hydrogen (secondary N) is 1. The summed E-state index contributed by atoms with van der Waals surface area (Å²) in [5, 5.41) is 1.06. The number of benzene rings is 1. The van der Waals surface area contributed by atoms with Gasteiger partial charge in [-0.25, -0.2) is 9.97 Å². The summed E-state index contributed by atoms with van der Waals surface area (Å²) in [5.74, 6) is 0.729. The molecule has 102 valence electrons. The van der Waals surface area contributed by atoms with Crippen molar-refractivity contribution in [2.75, 3.05) is 0 Å². The first-order valence-corrected chi connectivity index (χ1v) is 7.35. The third kappa shape index (κ3) is 2.13. The van der Waals surface area contributed by atoms with E-state index in [-0.39, 0.29) is 0 Å². The lowest BCUT2D eigenvalue weighted by Crippen LogP contribution is -2.00. The number of rotatable bonds is 3. The fourth-order valence-electron chi connectivity index (χ4n) is 2.36. The van der Waals surface area contributed by atoms with Crippen LogP contribution in [0.2, 0.25) is 0 Å². The maximum absolute atomic E-state index is 5.77. The predicted molar refractivity (Wildman–Crippen MR) is 84.3 cm³/mol. The Morgan fingerprint density at radius 1 is 1.25 bits per heavy atom. The van der Waals surface area contributed by atoms with Gasteiger partial charge in [0.1, 0.15) is 5.65 Å². The molecule has 0 unspecified atom stereocenters. The molecule has 2 aromatic heterocycles. The van der Waals surface area contributed by atoms with Gasteiger partial charge in [-0.2, -0.15) is 0 Å². The van der Waals surface area contributed by atoms with Gasteiger partial charge in [-0.1, -0.05) is 41.1 Å². The van der Waals surface area contributed by atoms with Crippen LogP contribution in [0.5, 0.6) is 0 Å². The van der Waals surface area contributed by atoms with E-state index in [1.165, 1.54) is 0 Å². The number of H-pyrrole nitrogens is 1. The van der Waals surface area contributed by atoms with Gasteiger partial charge in [0.25, 0.3) is 0 Å². The molecule has 0 aliphatic carbocycles. The molecule has 0 spiro atoms. The molecular formula is C15H15BrN4. The molecule has 0 aliphatic rings. The van der Waals surface area contributed by atoms with Gasteiger partial charge in [-0.15, -0.1) is 0 Å². The molecule has 3 aromatic rings. The quantitative estimate of drug-likeness (QED) is 0.773. The summed E-state index contributed by atoms with van der Waals surface area (Å²) in [6, 6.07) is 7.97. The molecule has 5 heteroatoms. The molecule has 0 saturated heterocycles. The first-order valence-electron chi connectivity index (χ1n) is 6.56. The van der Waals surface area contributed by atoms with Gasteiger partial charge < -0.3 is 10.7 Å². The van der Waals surface area contributed by atoms with Gasteiger partial charge in [-0.3, -0.25) is 0 Å². The highest BCUT2D eigenvalue weighted by atomic mass is 79.9. The zero-order chi connectivity index (χ0) is 14.1. The molecule has 0 bridgehead atoms. The molecule has 0 amide bonds. The van der Waals surface area contributed by atoms with E-state index in [2.05, 4.69) is 32.8 Å². The zero-order valence-electron chi connectivity index (χ0n) is 11.2. The zero-order valence-corrected chi connectivity index (χ0v) is 12.7. The van der Waals surface area contributed by atoms with Crippen molar-refractivity contribution in [3.05, 3.63) is 46.2 Å². The average Bonchev–Trinajstić information content (AvgIpc) is 2.89. The van der Waals surface area contributed by atoms with Crippen LogP contribution < -0.4 is 5.73 Å². The second-order valence-corrected chi connectivity index (χ2v) is 5.42. The number of aromatic nitrogens is 3. The molecule has 0 saturated carbocycles. The summed E-state index contributed by atoms with van der Waals surface area (Å²) < 4.78 is 0.993. The fraction of sp³-hybridized carbons (Fsp3) is 0.200. The van der Waals surface area contributed by atoms with Crippen LogP contribution in [0.1, 0.15) is 18.2 Å². The molecule has 0 radical (unpaired) electrons. The second-order valence-electron chi connectivity index (χ2n) is 4.57. The van der Waals surface area contributed by atoms with Crippen molar-refractivity contribution in [2.24, 2.45) is 5.73 Å². The van der Waals surface area contributed by atoms with Gasteiger partial charge in [-0.05, 0) is 18.1 Å². The summed E-state index contributed by atoms with van der Waals surface area (Å²) in [5.41, 5.74) is 9.71. The van der Waals surface area contributed by atoms with Crippen molar-refractivity contribution < 1.29 is 0 Å². The van der Waals surface area contributed by atoms with E-state index < -0.39 is 0 Å². The Labute approximate surface area is 125 Å². The average molecular weight is 331 g/mol. The topological polar surface area (TPSA) is 67.6 Å². The van der Waals surface area contributed by atoms with Gasteiger partial charge in [0.2, 0.25) is 0 Å². The highest BCUT2D eigenvalue weighted by Gasteiger charge is 2.14. The molecule has 2 heterocycles. The molecular weight excluding hydrogens is 316 g/mol. The Morgan fingerprint density at radius 3 is 2.75 bits per heavy atom. The normalized spacial score (nSPS) is 11.2. The standard InChI is InChI=1S/C15H15BrN4/c1-2-12-13-9(7-17)8-18-15(13)20-14(19-12)10-5-3-4-6-11(10)16/h3-6,8H,2,7,17H2,1H3,(H,18,19,20). The van der Waals surface area contributed by atoms with E-state index in [4.69, 9.17) is 10.7 Å². The SMILES string of the molecule is CCc1nc(-c2ccccc2Br)nc2[nH]cc(CN)c12. The number of nitrogens with two attached hydrogens (primary N) is 1. The van der Waals surface area contributed by atoms with Crippen molar-refractivity contribution in [3.63, 3.8) is 0 Å². The number of hydrogen-bond donors (Lipinski definition) is 2. The summed E-state index contributed by atoms with van der Waals surface area (Å²) in [4.78, 5) is 12.5. The summed E-state index contributed by atoms with van der Waals surface area (Å²) in [6.45, 7) is 2.59. The Kier molecular flexibility index (Phi) is 3.54. The van der Waals surface area contributed by atoms with E-state index in [9.17, 15) is 0 Å². The van der Waals surface area contributed by atoms with Crippen molar-refractivity contribution >= 4 is 27.0 Å². The Morgan fingerprint density at radius 2 is 2.05 bits per heavy atom. The molecule has 3 rings (SSSR count). The summed E-state index contributed by atoms with van der Waals surface area (Å²) in [6.07, 6.45) is 2.77. The molecule has 0 atom stereocenters. The van der Waals surface area contributed by atoms with Gasteiger partial charge in [0.05, 0.1) is 5.69 Å². The molecule has 0 aliphatic heterocycles. The predicted octanol–water partition coefficient (Wildman–Crippen LogP) is 3.41. The van der Waals surface area contributed by atoms with E-state index in [1.807, 2.05) is 30.5 Å². The van der Waals surface area contributed by atoms with E-state index in [0.717, 1.165) is 44.6 Å². The van der Waals surface area contributed by atoms with Crippen LogP contribution in [0.4, 0.5) is 0 Å². The van der Waals surface area contributed by atoms with Crippen LogP contribution in [0.3, 0.4) is 0 Å². The van der Waals surface area contributed by atoms with Crippen LogP contribution in [-0.2, 0) is 13.0 Å². The van der Waals surface area contributed by atoms with Crippen molar-refractivity contribution in [1.29, 1.82) is 0 Å². The van der Waals surface area contributed by atoms with Crippen LogP contribution in [0, 0.1) is 0 Å².